The van der Waals surface area contributed by atoms with Crippen molar-refractivity contribution < 1.29 is 13.9 Å². The summed E-state index contributed by atoms with van der Waals surface area (Å²) in [6, 6.07) is 23.0. The molecule has 0 atom stereocenters. The number of hydrogen-bond acceptors (Lipinski definition) is 4. The Morgan fingerprint density at radius 2 is 1.77 bits per heavy atom. The van der Waals surface area contributed by atoms with Crippen molar-refractivity contribution in [2.45, 2.75) is 25.9 Å². The number of aryl methyl sites for hydroxylation is 1. The van der Waals surface area contributed by atoms with Crippen molar-refractivity contribution in [2.75, 3.05) is 20.8 Å². The molecule has 158 valence electrons. The van der Waals surface area contributed by atoms with Gasteiger partial charge in [-0.2, -0.15) is 0 Å². The van der Waals surface area contributed by atoms with Gasteiger partial charge in [-0.1, -0.05) is 42.5 Å². The summed E-state index contributed by atoms with van der Waals surface area (Å²) in [5.41, 5.74) is 5.93. The minimum absolute atomic E-state index is 0.770. The number of ether oxygens (including phenoxy) is 2. The van der Waals surface area contributed by atoms with Gasteiger partial charge in [0.15, 0.2) is 11.3 Å². The summed E-state index contributed by atoms with van der Waals surface area (Å²) in [7, 11) is 3.42. The Bertz CT molecular complexity index is 1200. The molecule has 31 heavy (non-hydrogen) atoms. The van der Waals surface area contributed by atoms with Gasteiger partial charge in [-0.05, 0) is 60.3 Å². The zero-order valence-electron chi connectivity index (χ0n) is 18.1. The van der Waals surface area contributed by atoms with E-state index >= 15 is 0 Å². The largest absolute Gasteiger partial charge is 0.497 e. The number of hydrogen-bond donors (Lipinski definition) is 0. The number of rotatable bonds is 5. The molecule has 0 aliphatic carbocycles. The van der Waals surface area contributed by atoms with E-state index in [-0.39, 0.29) is 0 Å². The maximum absolute atomic E-state index is 6.26. The van der Waals surface area contributed by atoms with Crippen molar-refractivity contribution in [1.29, 1.82) is 0 Å². The minimum Gasteiger partial charge on any atom is -0.497 e. The van der Waals surface area contributed by atoms with Crippen LogP contribution in [0.15, 0.2) is 71.1 Å². The Balaban J connectivity index is 1.49. The van der Waals surface area contributed by atoms with E-state index in [2.05, 4.69) is 47.4 Å². The van der Waals surface area contributed by atoms with E-state index in [1.54, 1.807) is 14.2 Å². The third-order valence-corrected chi connectivity index (χ3v) is 6.14. The normalized spacial score (nSPS) is 14.3. The first kappa shape index (κ1) is 19.7. The zero-order chi connectivity index (χ0) is 21.2. The van der Waals surface area contributed by atoms with Crippen LogP contribution in [0.1, 0.15) is 23.1 Å². The number of benzene rings is 3. The van der Waals surface area contributed by atoms with Crippen LogP contribution >= 0.6 is 0 Å². The van der Waals surface area contributed by atoms with Crippen molar-refractivity contribution in [1.82, 2.24) is 4.90 Å². The lowest BCUT2D eigenvalue weighted by atomic mass is 10.0. The molecule has 0 saturated heterocycles. The third kappa shape index (κ3) is 3.91. The molecule has 0 saturated carbocycles. The van der Waals surface area contributed by atoms with Crippen molar-refractivity contribution in [3.05, 3.63) is 83.4 Å². The molecule has 0 amide bonds. The zero-order valence-corrected chi connectivity index (χ0v) is 18.1. The monoisotopic (exact) mass is 413 g/mol. The van der Waals surface area contributed by atoms with E-state index < -0.39 is 0 Å². The molecule has 3 aromatic carbocycles. The fourth-order valence-corrected chi connectivity index (χ4v) is 4.51. The molecule has 1 aromatic heterocycles. The molecule has 0 unspecified atom stereocenters. The van der Waals surface area contributed by atoms with Gasteiger partial charge in [-0.3, -0.25) is 4.90 Å². The Hall–Kier alpha value is -3.24. The summed E-state index contributed by atoms with van der Waals surface area (Å²) in [5, 5.41) is 1.12. The van der Waals surface area contributed by atoms with Gasteiger partial charge in [0.1, 0.15) is 11.5 Å². The predicted octanol–water partition coefficient (Wildman–Crippen LogP) is 6.07. The molecule has 1 aliphatic rings. The van der Waals surface area contributed by atoms with Crippen LogP contribution in [0.4, 0.5) is 0 Å². The Morgan fingerprint density at radius 3 is 2.58 bits per heavy atom. The van der Waals surface area contributed by atoms with E-state index in [0.717, 1.165) is 66.3 Å². The fraction of sp³-hybridized carbons (Fsp3) is 0.259. The second-order valence-corrected chi connectivity index (χ2v) is 8.10. The molecular formula is C27H27NO3. The van der Waals surface area contributed by atoms with Gasteiger partial charge in [0.2, 0.25) is 0 Å². The highest BCUT2D eigenvalue weighted by atomic mass is 16.5. The van der Waals surface area contributed by atoms with Crippen LogP contribution in [0.3, 0.4) is 0 Å². The second kappa shape index (κ2) is 8.48. The summed E-state index contributed by atoms with van der Waals surface area (Å²) in [4.78, 5) is 2.52. The molecular weight excluding hydrogens is 386 g/mol. The SMILES string of the molecule is COc1ccc2c(c1)CN(Cc1ccc(OC)c3oc(-c4ccccc4)cc13)CCC2. The highest BCUT2D eigenvalue weighted by Gasteiger charge is 2.19. The van der Waals surface area contributed by atoms with E-state index in [1.807, 2.05) is 24.3 Å². The smallest absolute Gasteiger partial charge is 0.176 e. The molecule has 5 rings (SSSR count). The van der Waals surface area contributed by atoms with Crippen LogP contribution in [0.2, 0.25) is 0 Å². The van der Waals surface area contributed by atoms with Crippen molar-refractivity contribution in [3.63, 3.8) is 0 Å². The van der Waals surface area contributed by atoms with Crippen LogP contribution in [0, 0.1) is 0 Å². The molecule has 2 heterocycles. The summed E-state index contributed by atoms with van der Waals surface area (Å²) in [6.07, 6.45) is 2.26. The lowest BCUT2D eigenvalue weighted by molar-refractivity contribution is 0.261. The lowest BCUT2D eigenvalue weighted by Gasteiger charge is -2.21. The second-order valence-electron chi connectivity index (χ2n) is 8.10. The minimum atomic E-state index is 0.770. The quantitative estimate of drug-likeness (QED) is 0.398. The molecule has 0 radical (unpaired) electrons. The van der Waals surface area contributed by atoms with Crippen LogP contribution in [0.5, 0.6) is 11.5 Å². The van der Waals surface area contributed by atoms with Gasteiger partial charge >= 0.3 is 0 Å². The van der Waals surface area contributed by atoms with E-state index in [9.17, 15) is 0 Å². The number of methoxy groups -OCH3 is 2. The Kier molecular flexibility index (Phi) is 5.39. The number of nitrogens with zero attached hydrogens (tertiary/aromatic N) is 1. The first-order valence-corrected chi connectivity index (χ1v) is 10.8. The van der Waals surface area contributed by atoms with Crippen LogP contribution in [-0.4, -0.2) is 25.7 Å². The van der Waals surface area contributed by atoms with Gasteiger partial charge in [0.05, 0.1) is 14.2 Å². The maximum atomic E-state index is 6.26. The van der Waals surface area contributed by atoms with Crippen molar-refractivity contribution in [2.24, 2.45) is 0 Å². The molecule has 0 fully saturated rings. The molecule has 4 nitrogen and oxygen atoms in total. The lowest BCUT2D eigenvalue weighted by Crippen LogP contribution is -2.22. The van der Waals surface area contributed by atoms with E-state index in [0.29, 0.717) is 0 Å². The average Bonchev–Trinajstić information content (AvgIpc) is 3.17. The molecule has 4 aromatic rings. The fourth-order valence-electron chi connectivity index (χ4n) is 4.51. The summed E-state index contributed by atoms with van der Waals surface area (Å²) >= 11 is 0. The van der Waals surface area contributed by atoms with Crippen LogP contribution in [-0.2, 0) is 19.5 Å². The van der Waals surface area contributed by atoms with Crippen LogP contribution < -0.4 is 9.47 Å². The average molecular weight is 414 g/mol. The summed E-state index contributed by atoms with van der Waals surface area (Å²) < 4.78 is 17.3. The highest BCUT2D eigenvalue weighted by molar-refractivity contribution is 5.90. The van der Waals surface area contributed by atoms with Gasteiger partial charge in [0.25, 0.3) is 0 Å². The molecule has 0 bridgehead atoms. The molecule has 4 heteroatoms. The number of fused-ring (bicyclic) bond motifs is 2. The number of furan rings is 1. The predicted molar refractivity (Wildman–Crippen MR) is 124 cm³/mol. The van der Waals surface area contributed by atoms with Gasteiger partial charge in [-0.25, -0.2) is 0 Å². The standard InChI is InChI=1S/C27H27NO3/c1-29-23-12-10-19-9-6-14-28(18-22(19)15-23)17-21-11-13-25(30-2)27-24(21)16-26(31-27)20-7-4-3-5-8-20/h3-5,7-8,10-13,15-16H,6,9,14,17-18H2,1-2H3. The topological polar surface area (TPSA) is 34.8 Å². The molecule has 0 N–H and O–H groups in total. The van der Waals surface area contributed by atoms with Gasteiger partial charge < -0.3 is 13.9 Å². The molecule has 1 aliphatic heterocycles. The van der Waals surface area contributed by atoms with Crippen LogP contribution in [0.25, 0.3) is 22.3 Å². The summed E-state index contributed by atoms with van der Waals surface area (Å²) in [6.45, 7) is 2.85. The third-order valence-electron chi connectivity index (χ3n) is 6.14. The van der Waals surface area contributed by atoms with Gasteiger partial charge in [0, 0.05) is 24.0 Å². The Labute approximate surface area is 183 Å². The Morgan fingerprint density at radius 1 is 0.903 bits per heavy atom. The molecule has 0 spiro atoms. The first-order valence-electron chi connectivity index (χ1n) is 10.8. The van der Waals surface area contributed by atoms with E-state index in [1.165, 1.54) is 16.7 Å². The first-order chi connectivity index (χ1) is 15.2. The van der Waals surface area contributed by atoms with Gasteiger partial charge in [-0.15, -0.1) is 0 Å². The summed E-state index contributed by atoms with van der Waals surface area (Å²) in [5.74, 6) is 2.56. The highest BCUT2D eigenvalue weighted by Crippen LogP contribution is 2.36. The van der Waals surface area contributed by atoms with E-state index in [4.69, 9.17) is 13.9 Å². The maximum Gasteiger partial charge on any atom is 0.176 e. The van der Waals surface area contributed by atoms with Crippen molar-refractivity contribution >= 4 is 11.0 Å². The van der Waals surface area contributed by atoms with Crippen molar-refractivity contribution in [3.8, 4) is 22.8 Å².